The number of fused-ring (bicyclic) bond motifs is 2. The fourth-order valence-corrected chi connectivity index (χ4v) is 3.36. The zero-order valence-corrected chi connectivity index (χ0v) is 15.2. The van der Waals surface area contributed by atoms with Gasteiger partial charge in [0.25, 0.3) is 0 Å². The van der Waals surface area contributed by atoms with Crippen molar-refractivity contribution in [3.63, 3.8) is 0 Å². The van der Waals surface area contributed by atoms with E-state index in [-0.39, 0.29) is 0 Å². The molecule has 0 atom stereocenters. The van der Waals surface area contributed by atoms with Crippen LogP contribution in [-0.2, 0) is 6.42 Å². The van der Waals surface area contributed by atoms with Crippen LogP contribution in [0.25, 0.3) is 27.8 Å². The molecule has 0 amide bonds. The summed E-state index contributed by atoms with van der Waals surface area (Å²) in [7, 11) is 0. The highest BCUT2D eigenvalue weighted by atomic mass is 16.5. The molecule has 0 aliphatic heterocycles. The summed E-state index contributed by atoms with van der Waals surface area (Å²) >= 11 is 0. The first-order valence-corrected chi connectivity index (χ1v) is 9.23. The maximum atomic E-state index is 6.05. The Morgan fingerprint density at radius 2 is 1.61 bits per heavy atom. The summed E-state index contributed by atoms with van der Waals surface area (Å²) in [6.45, 7) is 0.556. The molecular formula is C23H18N4O. The van der Waals surface area contributed by atoms with Gasteiger partial charge in [-0.05, 0) is 22.4 Å². The molecule has 28 heavy (non-hydrogen) atoms. The van der Waals surface area contributed by atoms with E-state index in [0.717, 1.165) is 23.2 Å². The van der Waals surface area contributed by atoms with E-state index in [1.54, 1.807) is 12.4 Å². The van der Waals surface area contributed by atoms with E-state index in [1.807, 2.05) is 34.7 Å². The largest absolute Gasteiger partial charge is 0.477 e. The Balaban J connectivity index is 1.49. The molecule has 5 aromatic rings. The zero-order valence-electron chi connectivity index (χ0n) is 15.2. The summed E-state index contributed by atoms with van der Waals surface area (Å²) in [5, 5.41) is 11.0. The van der Waals surface area contributed by atoms with Crippen LogP contribution in [0.15, 0.2) is 85.2 Å². The molecule has 0 bridgehead atoms. The third-order valence-electron chi connectivity index (χ3n) is 4.77. The van der Waals surface area contributed by atoms with Crippen molar-refractivity contribution in [2.45, 2.75) is 6.42 Å². The number of hydrogen-bond donors (Lipinski definition) is 0. The SMILES string of the molecule is c1ccc(CCOc2cncc3nnc(-c4ccc5ccccc5c4)n23)cc1. The van der Waals surface area contributed by atoms with Gasteiger partial charge in [-0.3, -0.25) is 4.98 Å². The quantitative estimate of drug-likeness (QED) is 0.457. The van der Waals surface area contributed by atoms with Crippen molar-refractivity contribution >= 4 is 16.4 Å². The second-order valence-corrected chi connectivity index (χ2v) is 6.61. The zero-order chi connectivity index (χ0) is 18.8. The average molecular weight is 366 g/mol. The van der Waals surface area contributed by atoms with Gasteiger partial charge in [-0.15, -0.1) is 10.2 Å². The number of hydrogen-bond acceptors (Lipinski definition) is 4. The molecule has 2 aromatic heterocycles. The van der Waals surface area contributed by atoms with Gasteiger partial charge in [-0.2, -0.15) is 0 Å². The van der Waals surface area contributed by atoms with Crippen molar-refractivity contribution < 1.29 is 4.74 Å². The molecule has 0 fully saturated rings. The van der Waals surface area contributed by atoms with E-state index >= 15 is 0 Å². The minimum atomic E-state index is 0.556. The highest BCUT2D eigenvalue weighted by molar-refractivity contribution is 5.86. The minimum absolute atomic E-state index is 0.556. The van der Waals surface area contributed by atoms with Crippen molar-refractivity contribution in [2.24, 2.45) is 0 Å². The summed E-state index contributed by atoms with van der Waals surface area (Å²) in [5.41, 5.74) is 2.90. The molecule has 5 rings (SSSR count). The molecular weight excluding hydrogens is 348 g/mol. The summed E-state index contributed by atoms with van der Waals surface area (Å²) in [6.07, 6.45) is 4.23. The van der Waals surface area contributed by atoms with Crippen molar-refractivity contribution in [3.05, 3.63) is 90.8 Å². The Labute approximate surface area is 162 Å². The molecule has 3 aromatic carbocycles. The van der Waals surface area contributed by atoms with Gasteiger partial charge >= 0.3 is 0 Å². The average Bonchev–Trinajstić information content (AvgIpc) is 3.19. The molecule has 0 saturated heterocycles. The monoisotopic (exact) mass is 366 g/mol. The van der Waals surface area contributed by atoms with Crippen LogP contribution in [0.4, 0.5) is 0 Å². The lowest BCUT2D eigenvalue weighted by Gasteiger charge is -2.10. The highest BCUT2D eigenvalue weighted by Crippen LogP contribution is 2.26. The second kappa shape index (κ2) is 7.12. The number of benzene rings is 3. The molecule has 0 spiro atoms. The van der Waals surface area contributed by atoms with Crippen LogP contribution >= 0.6 is 0 Å². The van der Waals surface area contributed by atoms with Crippen LogP contribution in [0.2, 0.25) is 0 Å². The van der Waals surface area contributed by atoms with Crippen molar-refractivity contribution in [3.8, 4) is 17.3 Å². The van der Waals surface area contributed by atoms with Crippen molar-refractivity contribution in [1.29, 1.82) is 0 Å². The Hall–Kier alpha value is -3.73. The first-order chi connectivity index (χ1) is 13.9. The predicted molar refractivity (Wildman–Crippen MR) is 109 cm³/mol. The van der Waals surface area contributed by atoms with Gasteiger partial charge in [0.1, 0.15) is 0 Å². The lowest BCUT2D eigenvalue weighted by molar-refractivity contribution is 0.304. The molecule has 0 unspecified atom stereocenters. The van der Waals surface area contributed by atoms with E-state index in [9.17, 15) is 0 Å². The third kappa shape index (κ3) is 3.07. The number of nitrogens with zero attached hydrogens (tertiary/aromatic N) is 4. The van der Waals surface area contributed by atoms with Gasteiger partial charge in [0.2, 0.25) is 5.88 Å². The molecule has 136 valence electrons. The highest BCUT2D eigenvalue weighted by Gasteiger charge is 2.13. The van der Waals surface area contributed by atoms with Gasteiger partial charge in [0, 0.05) is 12.0 Å². The topological polar surface area (TPSA) is 52.3 Å². The Bertz CT molecular complexity index is 1250. The standard InChI is InChI=1S/C23H18N4O/c1-2-6-17(7-3-1)12-13-28-22-16-24-15-21-25-26-23(27(21)22)20-11-10-18-8-4-5-9-19(18)14-20/h1-11,14-16H,12-13H2. The lowest BCUT2D eigenvalue weighted by Crippen LogP contribution is -2.06. The summed E-state index contributed by atoms with van der Waals surface area (Å²) < 4.78 is 7.97. The molecule has 5 heteroatoms. The van der Waals surface area contributed by atoms with E-state index < -0.39 is 0 Å². The van der Waals surface area contributed by atoms with E-state index in [2.05, 4.69) is 57.6 Å². The molecule has 0 saturated carbocycles. The summed E-state index contributed by atoms with van der Waals surface area (Å²) in [5.74, 6) is 1.39. The Kier molecular flexibility index (Phi) is 4.18. The van der Waals surface area contributed by atoms with Gasteiger partial charge in [-0.1, -0.05) is 66.7 Å². The Morgan fingerprint density at radius 1 is 0.786 bits per heavy atom. The van der Waals surface area contributed by atoms with Crippen LogP contribution in [0, 0.1) is 0 Å². The molecule has 0 aliphatic carbocycles. The second-order valence-electron chi connectivity index (χ2n) is 6.61. The molecule has 0 aliphatic rings. The normalized spacial score (nSPS) is 11.1. The van der Waals surface area contributed by atoms with Crippen molar-refractivity contribution in [2.75, 3.05) is 6.61 Å². The predicted octanol–water partition coefficient (Wildman–Crippen LogP) is 4.57. The smallest absolute Gasteiger partial charge is 0.220 e. The first-order valence-electron chi connectivity index (χ1n) is 9.23. The van der Waals surface area contributed by atoms with Crippen LogP contribution < -0.4 is 4.74 Å². The molecule has 2 heterocycles. The molecule has 5 nitrogen and oxygen atoms in total. The minimum Gasteiger partial charge on any atom is -0.477 e. The van der Waals surface area contributed by atoms with Crippen molar-refractivity contribution in [1.82, 2.24) is 19.6 Å². The number of ether oxygens (including phenoxy) is 1. The van der Waals surface area contributed by atoms with E-state index in [1.165, 1.54) is 10.9 Å². The third-order valence-corrected chi connectivity index (χ3v) is 4.77. The maximum absolute atomic E-state index is 6.05. The van der Waals surface area contributed by atoms with Gasteiger partial charge in [0.05, 0.1) is 19.0 Å². The van der Waals surface area contributed by atoms with Crippen LogP contribution in [-0.4, -0.2) is 26.2 Å². The van der Waals surface area contributed by atoms with E-state index in [0.29, 0.717) is 18.1 Å². The van der Waals surface area contributed by atoms with Crippen LogP contribution in [0.3, 0.4) is 0 Å². The van der Waals surface area contributed by atoms with E-state index in [4.69, 9.17) is 4.74 Å². The lowest BCUT2D eigenvalue weighted by atomic mass is 10.1. The first kappa shape index (κ1) is 16.4. The van der Waals surface area contributed by atoms with Gasteiger partial charge in [0.15, 0.2) is 11.5 Å². The molecule has 0 N–H and O–H groups in total. The Morgan fingerprint density at radius 3 is 2.50 bits per heavy atom. The van der Waals surface area contributed by atoms with Crippen LogP contribution in [0.1, 0.15) is 5.56 Å². The summed E-state index contributed by atoms with van der Waals surface area (Å²) in [6, 6.07) is 24.9. The summed E-state index contributed by atoms with van der Waals surface area (Å²) in [4.78, 5) is 4.25. The maximum Gasteiger partial charge on any atom is 0.220 e. The fraction of sp³-hybridized carbons (Fsp3) is 0.0870. The number of rotatable bonds is 5. The van der Waals surface area contributed by atoms with Crippen LogP contribution in [0.5, 0.6) is 5.88 Å². The van der Waals surface area contributed by atoms with Gasteiger partial charge in [-0.25, -0.2) is 4.40 Å². The number of aromatic nitrogens is 4. The molecule has 0 radical (unpaired) electrons. The van der Waals surface area contributed by atoms with Gasteiger partial charge < -0.3 is 4.74 Å². The fourth-order valence-electron chi connectivity index (χ4n) is 3.36.